The third-order valence-corrected chi connectivity index (χ3v) is 6.46. The molecule has 0 atom stereocenters. The lowest BCUT2D eigenvalue weighted by Crippen LogP contribution is -2.41. The lowest BCUT2D eigenvalue weighted by molar-refractivity contribution is -0.144. The van der Waals surface area contributed by atoms with Crippen LogP contribution in [0.3, 0.4) is 0 Å². The van der Waals surface area contributed by atoms with Crippen LogP contribution in [0.5, 0.6) is 0 Å². The van der Waals surface area contributed by atoms with E-state index >= 15 is 0 Å². The predicted octanol–water partition coefficient (Wildman–Crippen LogP) is 4.61. The molecule has 10 heteroatoms. The molecule has 0 bridgehead atoms. The van der Waals surface area contributed by atoms with Crippen LogP contribution in [-0.2, 0) is 20.6 Å². The summed E-state index contributed by atoms with van der Waals surface area (Å²) in [5.74, 6) is -1.91. The number of nitrogens with one attached hydrogen (secondary N) is 2. The molecule has 1 aliphatic carbocycles. The standard InChI is InChI=1S/C25H24F3N3O4/c26-25(27,28)17-7-5-9-19(13-17)30-22(34)16-6-4-8-18(12-16)29-20(32)15-31-21(33)14-24(23(31)35)10-2-1-3-11-24/h4-9,12-13H,1-3,10-11,14-15H2,(H,29,32)(H,30,34). The Labute approximate surface area is 199 Å². The van der Waals surface area contributed by atoms with Gasteiger partial charge in [-0.2, -0.15) is 13.2 Å². The van der Waals surface area contributed by atoms with Gasteiger partial charge in [0.05, 0.1) is 11.0 Å². The summed E-state index contributed by atoms with van der Waals surface area (Å²) in [6.45, 7) is -0.417. The van der Waals surface area contributed by atoms with E-state index in [-0.39, 0.29) is 35.2 Å². The third-order valence-electron chi connectivity index (χ3n) is 6.46. The average molecular weight is 487 g/mol. The number of carbonyl (C=O) groups excluding carboxylic acids is 4. The van der Waals surface area contributed by atoms with E-state index in [0.29, 0.717) is 12.8 Å². The highest BCUT2D eigenvalue weighted by molar-refractivity contribution is 6.09. The van der Waals surface area contributed by atoms with E-state index in [1.807, 2.05) is 0 Å². The van der Waals surface area contributed by atoms with Crippen LogP contribution in [0.2, 0.25) is 0 Å². The molecule has 1 saturated carbocycles. The minimum atomic E-state index is -4.54. The van der Waals surface area contributed by atoms with Crippen molar-refractivity contribution in [2.75, 3.05) is 17.2 Å². The second-order valence-electron chi connectivity index (χ2n) is 8.96. The van der Waals surface area contributed by atoms with Crippen LogP contribution < -0.4 is 10.6 Å². The maximum Gasteiger partial charge on any atom is 0.416 e. The molecule has 4 amide bonds. The monoisotopic (exact) mass is 487 g/mol. The van der Waals surface area contributed by atoms with E-state index < -0.39 is 35.5 Å². The van der Waals surface area contributed by atoms with Gasteiger partial charge in [-0.05, 0) is 49.2 Å². The number of benzene rings is 2. The Bertz CT molecular complexity index is 1170. The summed E-state index contributed by atoms with van der Waals surface area (Å²) in [4.78, 5) is 51.5. The molecule has 1 aliphatic heterocycles. The van der Waals surface area contributed by atoms with Gasteiger partial charge in [0.15, 0.2) is 0 Å². The van der Waals surface area contributed by atoms with Gasteiger partial charge in [0, 0.05) is 23.4 Å². The molecule has 0 radical (unpaired) electrons. The number of imide groups is 1. The molecule has 184 valence electrons. The van der Waals surface area contributed by atoms with Crippen LogP contribution in [0.15, 0.2) is 48.5 Å². The van der Waals surface area contributed by atoms with Crippen molar-refractivity contribution < 1.29 is 32.3 Å². The fourth-order valence-corrected chi connectivity index (χ4v) is 4.70. The first-order chi connectivity index (χ1) is 16.6. The molecule has 1 heterocycles. The molecule has 7 nitrogen and oxygen atoms in total. The van der Waals surface area contributed by atoms with Crippen molar-refractivity contribution >= 4 is 35.0 Å². The summed E-state index contributed by atoms with van der Waals surface area (Å²) in [6.07, 6.45) is -0.314. The highest BCUT2D eigenvalue weighted by Crippen LogP contribution is 2.45. The molecule has 1 spiro atoms. The van der Waals surface area contributed by atoms with Gasteiger partial charge in [-0.15, -0.1) is 0 Å². The minimum Gasteiger partial charge on any atom is -0.325 e. The number of likely N-dealkylation sites (tertiary alicyclic amines) is 1. The molecule has 35 heavy (non-hydrogen) atoms. The molecule has 0 aromatic heterocycles. The summed E-state index contributed by atoms with van der Waals surface area (Å²) < 4.78 is 38.7. The van der Waals surface area contributed by atoms with Gasteiger partial charge in [0.25, 0.3) is 5.91 Å². The number of hydrogen-bond donors (Lipinski definition) is 2. The number of nitrogens with zero attached hydrogens (tertiary/aromatic N) is 1. The number of alkyl halides is 3. The Morgan fingerprint density at radius 1 is 0.914 bits per heavy atom. The molecule has 2 fully saturated rings. The molecule has 0 unspecified atom stereocenters. The molecule has 2 aliphatic rings. The molecule has 4 rings (SSSR count). The normalized spacial score (nSPS) is 17.5. The predicted molar refractivity (Wildman–Crippen MR) is 121 cm³/mol. The number of amides is 4. The molecular formula is C25H24F3N3O4. The van der Waals surface area contributed by atoms with E-state index in [1.54, 1.807) is 0 Å². The van der Waals surface area contributed by atoms with Crippen LogP contribution in [0, 0.1) is 5.41 Å². The number of halogens is 3. The van der Waals surface area contributed by atoms with Gasteiger partial charge >= 0.3 is 6.18 Å². The number of rotatable bonds is 5. The van der Waals surface area contributed by atoms with Gasteiger partial charge in [-0.3, -0.25) is 24.1 Å². The van der Waals surface area contributed by atoms with Crippen molar-refractivity contribution in [1.82, 2.24) is 4.90 Å². The van der Waals surface area contributed by atoms with Crippen LogP contribution in [-0.4, -0.2) is 35.1 Å². The van der Waals surface area contributed by atoms with Crippen molar-refractivity contribution in [1.29, 1.82) is 0 Å². The van der Waals surface area contributed by atoms with Crippen molar-refractivity contribution in [2.45, 2.75) is 44.7 Å². The zero-order chi connectivity index (χ0) is 25.2. The van der Waals surface area contributed by atoms with E-state index in [4.69, 9.17) is 0 Å². The summed E-state index contributed by atoms with van der Waals surface area (Å²) >= 11 is 0. The maximum absolute atomic E-state index is 12.9. The van der Waals surface area contributed by atoms with Crippen LogP contribution in [0.4, 0.5) is 24.5 Å². The Kier molecular flexibility index (Phi) is 6.64. The quantitative estimate of drug-likeness (QED) is 0.603. The second kappa shape index (κ2) is 9.52. The first-order valence-corrected chi connectivity index (χ1v) is 11.3. The Hall–Kier alpha value is -3.69. The zero-order valence-electron chi connectivity index (χ0n) is 18.8. The van der Waals surface area contributed by atoms with Crippen molar-refractivity contribution in [3.8, 4) is 0 Å². The van der Waals surface area contributed by atoms with E-state index in [2.05, 4.69) is 10.6 Å². The molecule has 2 aromatic rings. The first kappa shape index (κ1) is 24.4. The van der Waals surface area contributed by atoms with Gasteiger partial charge in [-0.25, -0.2) is 0 Å². The average Bonchev–Trinajstić information content (AvgIpc) is 3.03. The molecule has 1 saturated heterocycles. The summed E-state index contributed by atoms with van der Waals surface area (Å²) in [5.41, 5.74) is -1.25. The van der Waals surface area contributed by atoms with Crippen molar-refractivity contribution in [3.63, 3.8) is 0 Å². The van der Waals surface area contributed by atoms with Crippen LogP contribution >= 0.6 is 0 Å². The summed E-state index contributed by atoms with van der Waals surface area (Å²) in [5, 5.41) is 4.98. The Morgan fingerprint density at radius 3 is 2.26 bits per heavy atom. The van der Waals surface area contributed by atoms with E-state index in [9.17, 15) is 32.3 Å². The SMILES string of the molecule is O=C(CN1C(=O)CC2(CCCCC2)C1=O)Nc1cccc(C(=O)Nc2cccc(C(F)(F)F)c2)c1. The van der Waals surface area contributed by atoms with Gasteiger partial charge in [0.2, 0.25) is 17.7 Å². The fourth-order valence-electron chi connectivity index (χ4n) is 4.70. The highest BCUT2D eigenvalue weighted by atomic mass is 19.4. The highest BCUT2D eigenvalue weighted by Gasteiger charge is 2.51. The van der Waals surface area contributed by atoms with E-state index in [0.717, 1.165) is 36.3 Å². The summed E-state index contributed by atoms with van der Waals surface area (Å²) in [7, 11) is 0. The largest absolute Gasteiger partial charge is 0.416 e. The van der Waals surface area contributed by atoms with Gasteiger partial charge in [-0.1, -0.05) is 31.4 Å². The van der Waals surface area contributed by atoms with Crippen molar-refractivity contribution in [3.05, 3.63) is 59.7 Å². The second-order valence-corrected chi connectivity index (χ2v) is 8.96. The zero-order valence-corrected chi connectivity index (χ0v) is 18.8. The molecule has 2 N–H and O–H groups in total. The molecule has 2 aromatic carbocycles. The van der Waals surface area contributed by atoms with Crippen LogP contribution in [0.1, 0.15) is 54.4 Å². The summed E-state index contributed by atoms with van der Waals surface area (Å²) in [6, 6.07) is 10.1. The Morgan fingerprint density at radius 2 is 1.57 bits per heavy atom. The Balaban J connectivity index is 1.39. The topological polar surface area (TPSA) is 95.6 Å². The number of anilines is 2. The number of hydrogen-bond acceptors (Lipinski definition) is 4. The maximum atomic E-state index is 12.9. The first-order valence-electron chi connectivity index (χ1n) is 11.3. The van der Waals surface area contributed by atoms with E-state index in [1.165, 1.54) is 36.4 Å². The fraction of sp³-hybridized carbons (Fsp3) is 0.360. The lowest BCUT2D eigenvalue weighted by atomic mass is 9.73. The van der Waals surface area contributed by atoms with Crippen LogP contribution in [0.25, 0.3) is 0 Å². The third kappa shape index (κ3) is 5.36. The number of carbonyl (C=O) groups is 4. The smallest absolute Gasteiger partial charge is 0.325 e. The minimum absolute atomic E-state index is 0.0260. The van der Waals surface area contributed by atoms with Gasteiger partial charge in [0.1, 0.15) is 6.54 Å². The lowest BCUT2D eigenvalue weighted by Gasteiger charge is -2.30. The van der Waals surface area contributed by atoms with Crippen molar-refractivity contribution in [2.24, 2.45) is 5.41 Å². The van der Waals surface area contributed by atoms with Gasteiger partial charge < -0.3 is 10.6 Å². The molecular weight excluding hydrogens is 463 g/mol.